The zero-order valence-corrected chi connectivity index (χ0v) is 17.4. The van der Waals surface area contributed by atoms with Gasteiger partial charge in [-0.15, -0.1) is 5.10 Å². The Hall–Kier alpha value is -3.75. The molecule has 3 aromatic rings. The molecule has 2 N–H and O–H groups in total. The molecule has 2 aromatic carbocycles. The van der Waals surface area contributed by atoms with Crippen LogP contribution in [0.4, 0.5) is 5.69 Å². The summed E-state index contributed by atoms with van der Waals surface area (Å²) in [5.74, 6) is 0.190. The average molecular weight is 419 g/mol. The van der Waals surface area contributed by atoms with E-state index in [4.69, 9.17) is 5.73 Å². The summed E-state index contributed by atoms with van der Waals surface area (Å²) in [5, 5.41) is 11.8. The number of hydrogen-bond acceptors (Lipinski definition) is 6. The predicted octanol–water partition coefficient (Wildman–Crippen LogP) is 1.21. The van der Waals surface area contributed by atoms with E-state index >= 15 is 0 Å². The van der Waals surface area contributed by atoms with Crippen LogP contribution in [0, 0.1) is 6.92 Å². The molecular formula is C22H25N7O2. The Labute approximate surface area is 180 Å². The molecular weight excluding hydrogens is 394 g/mol. The number of rotatable bonds is 6. The number of benzene rings is 2. The Balaban J connectivity index is 1.46. The van der Waals surface area contributed by atoms with Gasteiger partial charge in [0, 0.05) is 43.9 Å². The number of tetrazole rings is 1. The van der Waals surface area contributed by atoms with Crippen LogP contribution >= 0.6 is 0 Å². The molecule has 1 saturated heterocycles. The van der Waals surface area contributed by atoms with Gasteiger partial charge in [0.1, 0.15) is 11.9 Å². The molecule has 4 rings (SSSR count). The van der Waals surface area contributed by atoms with Crippen LogP contribution in [0.15, 0.2) is 54.6 Å². The molecule has 1 fully saturated rings. The maximum atomic E-state index is 13.5. The Bertz CT molecular complexity index is 1040. The van der Waals surface area contributed by atoms with E-state index in [9.17, 15) is 9.59 Å². The molecule has 2 amide bonds. The van der Waals surface area contributed by atoms with E-state index in [1.54, 1.807) is 23.7 Å². The van der Waals surface area contributed by atoms with Gasteiger partial charge in [-0.1, -0.05) is 30.3 Å². The number of nitrogens with zero attached hydrogens (tertiary/aromatic N) is 6. The normalized spacial score (nSPS) is 15.0. The molecule has 1 aromatic heterocycles. The molecule has 160 valence electrons. The summed E-state index contributed by atoms with van der Waals surface area (Å²) < 4.78 is 1.62. The van der Waals surface area contributed by atoms with Gasteiger partial charge in [-0.3, -0.25) is 9.59 Å². The van der Waals surface area contributed by atoms with E-state index in [1.165, 1.54) is 0 Å². The molecule has 0 radical (unpaired) electrons. The monoisotopic (exact) mass is 419 g/mol. The molecule has 0 spiro atoms. The molecule has 9 nitrogen and oxygen atoms in total. The van der Waals surface area contributed by atoms with E-state index in [0.717, 1.165) is 11.3 Å². The molecule has 0 aliphatic carbocycles. The lowest BCUT2D eigenvalue weighted by Gasteiger charge is -2.37. The summed E-state index contributed by atoms with van der Waals surface area (Å²) >= 11 is 0. The van der Waals surface area contributed by atoms with Crippen molar-refractivity contribution in [3.8, 4) is 0 Å². The van der Waals surface area contributed by atoms with Crippen LogP contribution in [-0.4, -0.2) is 63.1 Å². The van der Waals surface area contributed by atoms with Crippen molar-refractivity contribution >= 4 is 17.5 Å². The Morgan fingerprint density at radius 1 is 1.00 bits per heavy atom. The summed E-state index contributed by atoms with van der Waals surface area (Å²) in [5.41, 5.74) is 7.87. The summed E-state index contributed by atoms with van der Waals surface area (Å²) in [6.07, 6.45) is 0.528. The van der Waals surface area contributed by atoms with Crippen LogP contribution < -0.4 is 10.6 Å². The fraction of sp³-hybridized carbons (Fsp3) is 0.318. The highest BCUT2D eigenvalue weighted by Crippen LogP contribution is 2.21. The molecule has 0 bridgehead atoms. The maximum Gasteiger partial charge on any atom is 0.248 e. The quantitative estimate of drug-likeness (QED) is 0.643. The lowest BCUT2D eigenvalue weighted by atomic mass is 10.0. The predicted molar refractivity (Wildman–Crippen MR) is 115 cm³/mol. The van der Waals surface area contributed by atoms with Gasteiger partial charge >= 0.3 is 0 Å². The van der Waals surface area contributed by atoms with Crippen molar-refractivity contribution in [2.75, 3.05) is 31.1 Å². The second kappa shape index (κ2) is 8.95. The lowest BCUT2D eigenvalue weighted by molar-refractivity contribution is -0.135. The largest absolute Gasteiger partial charge is 0.368 e. The molecule has 1 unspecified atom stereocenters. The van der Waals surface area contributed by atoms with Crippen LogP contribution in [-0.2, 0) is 11.2 Å². The lowest BCUT2D eigenvalue weighted by Crippen LogP contribution is -2.51. The Morgan fingerprint density at radius 3 is 2.26 bits per heavy atom. The van der Waals surface area contributed by atoms with E-state index in [2.05, 4.69) is 20.4 Å². The third-order valence-corrected chi connectivity index (χ3v) is 5.62. The second-order valence-corrected chi connectivity index (χ2v) is 7.60. The highest BCUT2D eigenvalue weighted by Gasteiger charge is 2.31. The van der Waals surface area contributed by atoms with Gasteiger partial charge in [-0.2, -0.15) is 0 Å². The van der Waals surface area contributed by atoms with Crippen molar-refractivity contribution in [3.05, 3.63) is 71.5 Å². The highest BCUT2D eigenvalue weighted by molar-refractivity contribution is 5.93. The van der Waals surface area contributed by atoms with Crippen LogP contribution in [0.1, 0.15) is 27.8 Å². The molecule has 1 aliphatic rings. The van der Waals surface area contributed by atoms with E-state index < -0.39 is 11.9 Å². The standard InChI is InChI=1S/C22H25N7O2/c1-16-24-25-26-29(16)20(15-17-5-3-2-4-6-17)22(31)28-13-11-27(12-14-28)19-9-7-18(8-10-19)21(23)30/h2-10,20H,11-15H2,1H3,(H2,23,30). The zero-order valence-electron chi connectivity index (χ0n) is 17.4. The van der Waals surface area contributed by atoms with E-state index in [-0.39, 0.29) is 5.91 Å². The molecule has 0 saturated carbocycles. The molecule has 1 atom stereocenters. The first-order valence-electron chi connectivity index (χ1n) is 10.2. The zero-order chi connectivity index (χ0) is 21.8. The smallest absolute Gasteiger partial charge is 0.248 e. The van der Waals surface area contributed by atoms with Crippen LogP contribution in [0.25, 0.3) is 0 Å². The molecule has 9 heteroatoms. The Kier molecular flexibility index (Phi) is 5.92. The molecule has 2 heterocycles. The topological polar surface area (TPSA) is 110 Å². The summed E-state index contributed by atoms with van der Waals surface area (Å²) in [7, 11) is 0. The first kappa shape index (κ1) is 20.5. The molecule has 31 heavy (non-hydrogen) atoms. The van der Waals surface area contributed by atoms with Crippen LogP contribution in [0.5, 0.6) is 0 Å². The van der Waals surface area contributed by atoms with Crippen LogP contribution in [0.2, 0.25) is 0 Å². The summed E-state index contributed by atoms with van der Waals surface area (Å²) in [6.45, 7) is 4.41. The van der Waals surface area contributed by atoms with Gasteiger partial charge in [-0.05, 0) is 47.2 Å². The van der Waals surface area contributed by atoms with Crippen molar-refractivity contribution in [2.24, 2.45) is 5.73 Å². The second-order valence-electron chi connectivity index (χ2n) is 7.60. The number of piperazine rings is 1. The SMILES string of the molecule is Cc1nnnn1C(Cc1ccccc1)C(=O)N1CCN(c2ccc(C(N)=O)cc2)CC1. The van der Waals surface area contributed by atoms with E-state index in [1.807, 2.05) is 47.4 Å². The number of aromatic nitrogens is 4. The third-order valence-electron chi connectivity index (χ3n) is 5.62. The third kappa shape index (κ3) is 4.55. The van der Waals surface area contributed by atoms with Gasteiger partial charge < -0.3 is 15.5 Å². The van der Waals surface area contributed by atoms with E-state index in [0.29, 0.717) is 44.0 Å². The van der Waals surface area contributed by atoms with Gasteiger partial charge in [-0.25, -0.2) is 4.68 Å². The number of primary amides is 1. The first-order valence-corrected chi connectivity index (χ1v) is 10.2. The number of hydrogen-bond donors (Lipinski definition) is 1. The number of aryl methyl sites for hydroxylation is 1. The van der Waals surface area contributed by atoms with Gasteiger partial charge in [0.05, 0.1) is 0 Å². The Morgan fingerprint density at radius 2 is 1.68 bits per heavy atom. The van der Waals surface area contributed by atoms with Crippen molar-refractivity contribution < 1.29 is 9.59 Å². The molecule has 1 aliphatic heterocycles. The fourth-order valence-electron chi connectivity index (χ4n) is 3.87. The number of carbonyl (C=O) groups excluding carboxylic acids is 2. The van der Waals surface area contributed by atoms with Crippen molar-refractivity contribution in [1.29, 1.82) is 0 Å². The van der Waals surface area contributed by atoms with Crippen LogP contribution in [0.3, 0.4) is 0 Å². The average Bonchev–Trinajstić information content (AvgIpc) is 3.23. The minimum Gasteiger partial charge on any atom is -0.368 e. The van der Waals surface area contributed by atoms with Gasteiger partial charge in [0.15, 0.2) is 0 Å². The minimum atomic E-state index is -0.487. The van der Waals surface area contributed by atoms with Crippen molar-refractivity contribution in [2.45, 2.75) is 19.4 Å². The maximum absolute atomic E-state index is 13.5. The van der Waals surface area contributed by atoms with Gasteiger partial charge in [0.25, 0.3) is 0 Å². The minimum absolute atomic E-state index is 0.0166. The number of nitrogens with two attached hydrogens (primary N) is 1. The number of carbonyl (C=O) groups is 2. The highest BCUT2D eigenvalue weighted by atomic mass is 16.2. The summed E-state index contributed by atoms with van der Waals surface area (Å²) in [4.78, 5) is 28.8. The fourth-order valence-corrected chi connectivity index (χ4v) is 3.87. The number of amides is 2. The first-order chi connectivity index (χ1) is 15.0. The van der Waals surface area contributed by atoms with Crippen molar-refractivity contribution in [3.63, 3.8) is 0 Å². The number of anilines is 1. The summed E-state index contributed by atoms with van der Waals surface area (Å²) in [6, 6.07) is 16.6. The van der Waals surface area contributed by atoms with Gasteiger partial charge in [0.2, 0.25) is 11.8 Å². The van der Waals surface area contributed by atoms with Crippen molar-refractivity contribution in [1.82, 2.24) is 25.1 Å².